The van der Waals surface area contributed by atoms with Gasteiger partial charge in [-0.25, -0.2) is 0 Å². The normalized spacial score (nSPS) is 14.8. The van der Waals surface area contributed by atoms with E-state index in [1.165, 1.54) is 7.11 Å². The fourth-order valence-corrected chi connectivity index (χ4v) is 3.01. The number of hydrogen-bond acceptors (Lipinski definition) is 4. The number of hydrogen-bond donors (Lipinski definition) is 0. The standard InChI is InChI=1S/C19H25NO4/c1-23-17-9-5-6-15(14-17)10-11-18(21)20(13-12-19(22)24-2)16-7-3-4-8-16/h5-6,9-11,14,16H,3-4,7-8,12-13H2,1-2H3/b11-10+. The van der Waals surface area contributed by atoms with Crippen molar-refractivity contribution in [2.75, 3.05) is 20.8 Å². The molecule has 0 spiro atoms. The van der Waals surface area contributed by atoms with Gasteiger partial charge in [0, 0.05) is 18.7 Å². The first-order valence-electron chi connectivity index (χ1n) is 8.33. The zero-order valence-electron chi connectivity index (χ0n) is 14.4. The van der Waals surface area contributed by atoms with Crippen LogP contribution in [0.25, 0.3) is 6.08 Å². The van der Waals surface area contributed by atoms with Crippen LogP contribution in [0.15, 0.2) is 30.3 Å². The third kappa shape index (κ3) is 5.11. The van der Waals surface area contributed by atoms with Crippen LogP contribution < -0.4 is 4.74 Å². The second-order valence-electron chi connectivity index (χ2n) is 5.91. The van der Waals surface area contributed by atoms with Crippen LogP contribution in [0.5, 0.6) is 5.75 Å². The molecule has 2 rings (SSSR count). The minimum Gasteiger partial charge on any atom is -0.497 e. The topological polar surface area (TPSA) is 55.8 Å². The van der Waals surface area contributed by atoms with Gasteiger partial charge in [0.25, 0.3) is 0 Å². The first-order valence-corrected chi connectivity index (χ1v) is 8.33. The number of esters is 1. The van der Waals surface area contributed by atoms with Crippen molar-refractivity contribution in [3.8, 4) is 5.75 Å². The molecule has 0 atom stereocenters. The van der Waals surface area contributed by atoms with Gasteiger partial charge in [0.1, 0.15) is 5.75 Å². The van der Waals surface area contributed by atoms with Gasteiger partial charge in [0.2, 0.25) is 5.91 Å². The van der Waals surface area contributed by atoms with E-state index >= 15 is 0 Å². The molecule has 1 fully saturated rings. The van der Waals surface area contributed by atoms with Crippen molar-refractivity contribution in [2.24, 2.45) is 0 Å². The molecular formula is C19H25NO4. The Kier molecular flexibility index (Phi) is 6.85. The van der Waals surface area contributed by atoms with Gasteiger partial charge in [-0.2, -0.15) is 0 Å². The highest BCUT2D eigenvalue weighted by Gasteiger charge is 2.25. The minimum absolute atomic E-state index is 0.0615. The van der Waals surface area contributed by atoms with Crippen LogP contribution in [0.1, 0.15) is 37.7 Å². The lowest BCUT2D eigenvalue weighted by atomic mass is 10.1. The Hall–Kier alpha value is -2.30. The maximum absolute atomic E-state index is 12.6. The Morgan fingerprint density at radius 2 is 2.00 bits per heavy atom. The van der Waals surface area contributed by atoms with Crippen LogP contribution in [0, 0.1) is 0 Å². The quantitative estimate of drug-likeness (QED) is 0.569. The highest BCUT2D eigenvalue weighted by Crippen LogP contribution is 2.24. The maximum Gasteiger partial charge on any atom is 0.307 e. The highest BCUT2D eigenvalue weighted by atomic mass is 16.5. The lowest BCUT2D eigenvalue weighted by Gasteiger charge is -2.27. The largest absolute Gasteiger partial charge is 0.497 e. The molecule has 0 radical (unpaired) electrons. The van der Waals surface area contributed by atoms with Gasteiger partial charge < -0.3 is 14.4 Å². The number of rotatable bonds is 7. The summed E-state index contributed by atoms with van der Waals surface area (Å²) in [5.74, 6) is 0.402. The van der Waals surface area contributed by atoms with Crippen LogP contribution >= 0.6 is 0 Å². The molecule has 0 heterocycles. The molecule has 1 aromatic rings. The lowest BCUT2D eigenvalue weighted by molar-refractivity contribution is -0.141. The molecule has 1 amide bonds. The minimum atomic E-state index is -0.289. The van der Waals surface area contributed by atoms with Crippen molar-refractivity contribution >= 4 is 18.0 Å². The Morgan fingerprint density at radius 3 is 2.67 bits per heavy atom. The first kappa shape index (κ1) is 18.0. The van der Waals surface area contributed by atoms with Crippen LogP contribution in [0.4, 0.5) is 0 Å². The second-order valence-corrected chi connectivity index (χ2v) is 5.91. The van der Waals surface area contributed by atoms with Gasteiger partial charge >= 0.3 is 5.97 Å². The third-order valence-electron chi connectivity index (χ3n) is 4.35. The van der Waals surface area contributed by atoms with Crippen molar-refractivity contribution in [2.45, 2.75) is 38.1 Å². The number of carbonyl (C=O) groups is 2. The van der Waals surface area contributed by atoms with E-state index in [2.05, 4.69) is 4.74 Å². The number of amides is 1. The van der Waals surface area contributed by atoms with Crippen LogP contribution in [0.2, 0.25) is 0 Å². The number of benzene rings is 1. The van der Waals surface area contributed by atoms with E-state index in [1.807, 2.05) is 24.3 Å². The van der Waals surface area contributed by atoms with Gasteiger partial charge in [-0.15, -0.1) is 0 Å². The van der Waals surface area contributed by atoms with Gasteiger partial charge in [-0.1, -0.05) is 25.0 Å². The van der Waals surface area contributed by atoms with Crippen LogP contribution in [-0.4, -0.2) is 43.6 Å². The molecule has 1 aliphatic carbocycles. The number of nitrogens with zero attached hydrogens (tertiary/aromatic N) is 1. The molecule has 0 unspecified atom stereocenters. The fraction of sp³-hybridized carbons (Fsp3) is 0.474. The van der Waals surface area contributed by atoms with Crippen molar-refractivity contribution in [3.05, 3.63) is 35.9 Å². The van der Waals surface area contributed by atoms with Gasteiger partial charge in [0.05, 0.1) is 20.6 Å². The monoisotopic (exact) mass is 331 g/mol. The fourth-order valence-electron chi connectivity index (χ4n) is 3.01. The molecule has 1 aromatic carbocycles. The van der Waals surface area contributed by atoms with E-state index in [9.17, 15) is 9.59 Å². The predicted octanol–water partition coefficient (Wildman–Crippen LogP) is 3.04. The second kappa shape index (κ2) is 9.11. The number of methoxy groups -OCH3 is 2. The summed E-state index contributed by atoms with van der Waals surface area (Å²) in [6.07, 6.45) is 7.85. The van der Waals surface area contributed by atoms with E-state index in [0.717, 1.165) is 37.0 Å². The summed E-state index contributed by atoms with van der Waals surface area (Å²) in [7, 11) is 2.98. The zero-order valence-corrected chi connectivity index (χ0v) is 14.4. The van der Waals surface area contributed by atoms with Crippen molar-refractivity contribution in [1.29, 1.82) is 0 Å². The average molecular weight is 331 g/mol. The Labute approximate surface area is 143 Å². The average Bonchev–Trinajstić information content (AvgIpc) is 3.14. The van der Waals surface area contributed by atoms with Crippen molar-refractivity contribution in [1.82, 2.24) is 4.90 Å². The molecule has 0 saturated heterocycles. The maximum atomic E-state index is 12.6. The SMILES string of the molecule is COC(=O)CCN(C(=O)/C=C/c1cccc(OC)c1)C1CCCC1. The van der Waals surface area contributed by atoms with Crippen molar-refractivity contribution < 1.29 is 19.1 Å². The molecule has 0 bridgehead atoms. The highest BCUT2D eigenvalue weighted by molar-refractivity contribution is 5.92. The summed E-state index contributed by atoms with van der Waals surface area (Å²) < 4.78 is 9.88. The summed E-state index contributed by atoms with van der Waals surface area (Å²) in [5, 5.41) is 0. The zero-order chi connectivity index (χ0) is 17.4. The third-order valence-corrected chi connectivity index (χ3v) is 4.35. The molecule has 5 nitrogen and oxygen atoms in total. The van der Waals surface area contributed by atoms with E-state index in [4.69, 9.17) is 4.74 Å². The van der Waals surface area contributed by atoms with E-state index in [1.54, 1.807) is 24.2 Å². The molecule has 130 valence electrons. The Bertz CT molecular complexity index is 591. The number of carbonyl (C=O) groups excluding carboxylic acids is 2. The van der Waals surface area contributed by atoms with Crippen LogP contribution in [0.3, 0.4) is 0 Å². The summed E-state index contributed by atoms with van der Waals surface area (Å²) in [5.41, 5.74) is 0.905. The lowest BCUT2D eigenvalue weighted by Crippen LogP contribution is -2.39. The first-order chi connectivity index (χ1) is 11.6. The molecule has 0 N–H and O–H groups in total. The summed E-state index contributed by atoms with van der Waals surface area (Å²) in [4.78, 5) is 25.8. The number of ether oxygens (including phenoxy) is 2. The smallest absolute Gasteiger partial charge is 0.307 e. The Balaban J connectivity index is 2.05. The summed E-state index contributed by atoms with van der Waals surface area (Å²) in [6, 6.07) is 7.76. The molecule has 1 aliphatic rings. The molecule has 0 aliphatic heterocycles. The molecular weight excluding hydrogens is 306 g/mol. The van der Waals surface area contributed by atoms with Crippen LogP contribution in [-0.2, 0) is 14.3 Å². The molecule has 0 aromatic heterocycles. The molecule has 1 saturated carbocycles. The van der Waals surface area contributed by atoms with E-state index < -0.39 is 0 Å². The molecule has 5 heteroatoms. The Morgan fingerprint density at radius 1 is 1.25 bits per heavy atom. The van der Waals surface area contributed by atoms with E-state index in [0.29, 0.717) is 6.54 Å². The van der Waals surface area contributed by atoms with E-state index in [-0.39, 0.29) is 24.3 Å². The van der Waals surface area contributed by atoms with Gasteiger partial charge in [-0.3, -0.25) is 9.59 Å². The summed E-state index contributed by atoms with van der Waals surface area (Å²) in [6.45, 7) is 0.401. The van der Waals surface area contributed by atoms with Gasteiger partial charge in [-0.05, 0) is 36.6 Å². The van der Waals surface area contributed by atoms with Gasteiger partial charge in [0.15, 0.2) is 0 Å². The van der Waals surface area contributed by atoms with Crippen molar-refractivity contribution in [3.63, 3.8) is 0 Å². The molecule has 24 heavy (non-hydrogen) atoms. The predicted molar refractivity (Wildman–Crippen MR) is 92.6 cm³/mol. The summed E-state index contributed by atoms with van der Waals surface area (Å²) >= 11 is 0.